The van der Waals surface area contributed by atoms with E-state index in [0.717, 1.165) is 12.1 Å². The van der Waals surface area contributed by atoms with Gasteiger partial charge in [-0.2, -0.15) is 0 Å². The Morgan fingerprint density at radius 1 is 0.938 bits per heavy atom. The highest BCUT2D eigenvalue weighted by molar-refractivity contribution is 5.45. The number of halogens is 2. The van der Waals surface area contributed by atoms with E-state index in [1.54, 1.807) is 30.3 Å². The zero-order chi connectivity index (χ0) is 11.5. The lowest BCUT2D eigenvalue weighted by Gasteiger charge is -2.08. The molecule has 2 rings (SSSR count). The summed E-state index contributed by atoms with van der Waals surface area (Å²) in [4.78, 5) is 0. The predicted octanol–water partition coefficient (Wildman–Crippen LogP) is 3.34. The molecule has 2 N–H and O–H groups in total. The molecule has 4 heteroatoms. The van der Waals surface area contributed by atoms with E-state index in [-0.39, 0.29) is 5.69 Å². The topological polar surface area (TPSA) is 35.2 Å². The maximum atomic E-state index is 13.4. The van der Waals surface area contributed by atoms with Gasteiger partial charge in [-0.25, -0.2) is 8.78 Å². The molecule has 0 heterocycles. The molecule has 0 saturated heterocycles. The average Bonchev–Trinajstić information content (AvgIpc) is 2.25. The van der Waals surface area contributed by atoms with Gasteiger partial charge >= 0.3 is 0 Å². The van der Waals surface area contributed by atoms with Gasteiger partial charge in [0.1, 0.15) is 5.75 Å². The summed E-state index contributed by atoms with van der Waals surface area (Å²) in [6, 6.07) is 10.4. The largest absolute Gasteiger partial charge is 0.451 e. The summed E-state index contributed by atoms with van der Waals surface area (Å²) in [6.07, 6.45) is 0. The van der Waals surface area contributed by atoms with Crippen molar-refractivity contribution in [3.05, 3.63) is 54.1 Å². The molecule has 0 aliphatic heterocycles. The molecular formula is C12H9F2NO. The fraction of sp³-hybridized carbons (Fsp3) is 0. The molecule has 0 bridgehead atoms. The Hall–Kier alpha value is -2.10. The van der Waals surface area contributed by atoms with E-state index >= 15 is 0 Å². The molecule has 82 valence electrons. The van der Waals surface area contributed by atoms with Crippen molar-refractivity contribution < 1.29 is 13.5 Å². The summed E-state index contributed by atoms with van der Waals surface area (Å²) in [7, 11) is 0. The molecular weight excluding hydrogens is 212 g/mol. The minimum atomic E-state index is -0.818. The van der Waals surface area contributed by atoms with Gasteiger partial charge in [0.2, 0.25) is 0 Å². The van der Waals surface area contributed by atoms with Gasteiger partial charge in [-0.1, -0.05) is 18.2 Å². The second kappa shape index (κ2) is 4.18. The highest BCUT2D eigenvalue weighted by Crippen LogP contribution is 2.28. The number of nitrogen functional groups attached to an aromatic ring is 1. The van der Waals surface area contributed by atoms with Crippen LogP contribution in [0.1, 0.15) is 0 Å². The third-order valence-corrected chi connectivity index (χ3v) is 1.98. The molecule has 2 aromatic rings. The first kappa shape index (κ1) is 10.4. The van der Waals surface area contributed by atoms with E-state index < -0.39 is 17.4 Å². The van der Waals surface area contributed by atoms with Crippen LogP contribution in [0.4, 0.5) is 14.5 Å². The van der Waals surface area contributed by atoms with Crippen molar-refractivity contribution in [1.29, 1.82) is 0 Å². The van der Waals surface area contributed by atoms with Gasteiger partial charge in [-0.3, -0.25) is 0 Å². The van der Waals surface area contributed by atoms with Gasteiger partial charge in [0.15, 0.2) is 17.4 Å². The van der Waals surface area contributed by atoms with Crippen LogP contribution in [-0.2, 0) is 0 Å². The summed E-state index contributed by atoms with van der Waals surface area (Å²) < 4.78 is 31.8. The van der Waals surface area contributed by atoms with Crippen LogP contribution in [0.5, 0.6) is 11.5 Å². The number of rotatable bonds is 2. The van der Waals surface area contributed by atoms with Crippen LogP contribution in [-0.4, -0.2) is 0 Å². The average molecular weight is 221 g/mol. The molecule has 2 nitrogen and oxygen atoms in total. The van der Waals surface area contributed by atoms with E-state index in [1.165, 1.54) is 0 Å². The van der Waals surface area contributed by atoms with Crippen molar-refractivity contribution in [3.8, 4) is 11.5 Å². The summed E-state index contributed by atoms with van der Waals surface area (Å²) in [6.45, 7) is 0. The normalized spacial score (nSPS) is 10.1. The third kappa shape index (κ3) is 2.11. The van der Waals surface area contributed by atoms with E-state index in [1.807, 2.05) is 0 Å². The molecule has 0 amide bonds. The number of hydrogen-bond acceptors (Lipinski definition) is 2. The lowest BCUT2D eigenvalue weighted by molar-refractivity contribution is 0.408. The first-order valence-corrected chi connectivity index (χ1v) is 4.64. The van der Waals surface area contributed by atoms with Crippen molar-refractivity contribution in [3.63, 3.8) is 0 Å². The lowest BCUT2D eigenvalue weighted by Crippen LogP contribution is -1.95. The van der Waals surface area contributed by atoms with Crippen LogP contribution in [0.15, 0.2) is 42.5 Å². The van der Waals surface area contributed by atoms with Gasteiger partial charge in [-0.05, 0) is 12.1 Å². The van der Waals surface area contributed by atoms with Crippen LogP contribution < -0.4 is 10.5 Å². The van der Waals surface area contributed by atoms with E-state index in [2.05, 4.69) is 0 Å². The van der Waals surface area contributed by atoms with Crippen LogP contribution in [0.2, 0.25) is 0 Å². The number of para-hydroxylation sites is 1. The standard InChI is InChI=1S/C12H9F2NO/c13-10-6-8(15)7-11(14)12(10)16-9-4-2-1-3-5-9/h1-7H,15H2. The second-order valence-corrected chi connectivity index (χ2v) is 3.23. The minimum absolute atomic E-state index is 0.0235. The number of nitrogens with two attached hydrogens (primary N) is 1. The molecule has 0 radical (unpaired) electrons. The Morgan fingerprint density at radius 2 is 1.50 bits per heavy atom. The van der Waals surface area contributed by atoms with Crippen molar-refractivity contribution >= 4 is 5.69 Å². The number of anilines is 1. The number of hydrogen-bond donors (Lipinski definition) is 1. The first-order valence-electron chi connectivity index (χ1n) is 4.64. The van der Waals surface area contributed by atoms with Crippen LogP contribution >= 0.6 is 0 Å². The highest BCUT2D eigenvalue weighted by atomic mass is 19.1. The van der Waals surface area contributed by atoms with Gasteiger partial charge in [-0.15, -0.1) is 0 Å². The Kier molecular flexibility index (Phi) is 2.72. The maximum absolute atomic E-state index is 13.4. The molecule has 0 spiro atoms. The Labute approximate surface area is 91.3 Å². The zero-order valence-electron chi connectivity index (χ0n) is 8.28. The SMILES string of the molecule is Nc1cc(F)c(Oc2ccccc2)c(F)c1. The fourth-order valence-corrected chi connectivity index (χ4v) is 1.28. The Balaban J connectivity index is 2.35. The molecule has 2 aromatic carbocycles. The van der Waals surface area contributed by atoms with Crippen molar-refractivity contribution in [1.82, 2.24) is 0 Å². The summed E-state index contributed by atoms with van der Waals surface area (Å²) >= 11 is 0. The molecule has 0 aliphatic carbocycles. The zero-order valence-corrected chi connectivity index (χ0v) is 8.28. The molecule has 0 fully saturated rings. The second-order valence-electron chi connectivity index (χ2n) is 3.23. The van der Waals surface area contributed by atoms with E-state index in [4.69, 9.17) is 10.5 Å². The molecule has 0 saturated carbocycles. The lowest BCUT2D eigenvalue weighted by atomic mass is 10.2. The fourth-order valence-electron chi connectivity index (χ4n) is 1.28. The van der Waals surface area contributed by atoms with Gasteiger partial charge in [0, 0.05) is 17.8 Å². The molecule has 0 atom stereocenters. The summed E-state index contributed by atoms with van der Waals surface area (Å²) in [5.41, 5.74) is 5.31. The van der Waals surface area contributed by atoms with Gasteiger partial charge in [0.25, 0.3) is 0 Å². The van der Waals surface area contributed by atoms with Crippen LogP contribution in [0.3, 0.4) is 0 Å². The first-order chi connectivity index (χ1) is 7.66. The molecule has 0 aliphatic rings. The quantitative estimate of drug-likeness (QED) is 0.789. The van der Waals surface area contributed by atoms with Crippen LogP contribution in [0, 0.1) is 11.6 Å². The Morgan fingerprint density at radius 3 is 2.06 bits per heavy atom. The maximum Gasteiger partial charge on any atom is 0.198 e. The van der Waals surface area contributed by atoms with Crippen LogP contribution in [0.25, 0.3) is 0 Å². The molecule has 16 heavy (non-hydrogen) atoms. The van der Waals surface area contributed by atoms with Crippen molar-refractivity contribution in [2.75, 3.05) is 5.73 Å². The van der Waals surface area contributed by atoms with Gasteiger partial charge < -0.3 is 10.5 Å². The Bertz CT molecular complexity index is 477. The van der Waals surface area contributed by atoms with Gasteiger partial charge in [0.05, 0.1) is 0 Å². The number of benzene rings is 2. The van der Waals surface area contributed by atoms with Crippen molar-refractivity contribution in [2.45, 2.75) is 0 Å². The molecule has 0 aromatic heterocycles. The summed E-state index contributed by atoms with van der Waals surface area (Å²) in [5, 5.41) is 0. The van der Waals surface area contributed by atoms with Crippen molar-refractivity contribution in [2.24, 2.45) is 0 Å². The monoisotopic (exact) mass is 221 g/mol. The van der Waals surface area contributed by atoms with E-state index in [0.29, 0.717) is 5.75 Å². The highest BCUT2D eigenvalue weighted by Gasteiger charge is 2.12. The third-order valence-electron chi connectivity index (χ3n) is 1.98. The smallest absolute Gasteiger partial charge is 0.198 e. The summed E-state index contributed by atoms with van der Waals surface area (Å²) in [5.74, 6) is -1.71. The predicted molar refractivity (Wildman–Crippen MR) is 57.3 cm³/mol. The number of ether oxygens (including phenoxy) is 1. The van der Waals surface area contributed by atoms with E-state index in [9.17, 15) is 8.78 Å². The molecule has 0 unspecified atom stereocenters. The minimum Gasteiger partial charge on any atom is -0.451 e.